The molecule has 1 fully saturated rings. The Morgan fingerprint density at radius 1 is 1.42 bits per heavy atom. The van der Waals surface area contributed by atoms with Crippen LogP contribution in [0.2, 0.25) is 0 Å². The topological polar surface area (TPSA) is 77.4 Å². The van der Waals surface area contributed by atoms with Crippen molar-refractivity contribution in [3.63, 3.8) is 0 Å². The highest BCUT2D eigenvalue weighted by atomic mass is 16.5. The van der Waals surface area contributed by atoms with Crippen LogP contribution in [0.3, 0.4) is 0 Å². The largest absolute Gasteiger partial charge is 0.374 e. The summed E-state index contributed by atoms with van der Waals surface area (Å²) in [5.41, 5.74) is 5.88. The number of rotatable bonds is 5. The molecule has 1 aliphatic rings. The molecule has 1 saturated heterocycles. The van der Waals surface area contributed by atoms with Gasteiger partial charge in [-0.25, -0.2) is 0 Å². The summed E-state index contributed by atoms with van der Waals surface area (Å²) in [6, 6.07) is 0.0459. The first-order valence-electron chi connectivity index (χ1n) is 6.95. The molecule has 2 atom stereocenters. The van der Waals surface area contributed by atoms with E-state index in [1.165, 1.54) is 0 Å². The van der Waals surface area contributed by atoms with Gasteiger partial charge in [-0.05, 0) is 12.8 Å². The van der Waals surface area contributed by atoms with E-state index in [0.29, 0.717) is 19.1 Å². The Labute approximate surface area is 114 Å². The van der Waals surface area contributed by atoms with E-state index in [4.69, 9.17) is 15.0 Å². The second-order valence-corrected chi connectivity index (χ2v) is 5.71. The molecule has 6 heteroatoms. The van der Waals surface area contributed by atoms with E-state index in [1.54, 1.807) is 0 Å². The maximum absolute atomic E-state index is 5.88. The normalized spacial score (nSPS) is 22.9. The van der Waals surface area contributed by atoms with Gasteiger partial charge in [-0.3, -0.25) is 4.90 Å². The fraction of sp³-hybridized carbons (Fsp3) is 0.846. The molecule has 0 aliphatic carbocycles. The molecule has 0 bridgehead atoms. The molecule has 0 amide bonds. The van der Waals surface area contributed by atoms with Gasteiger partial charge in [0.25, 0.3) is 0 Å². The number of morpholine rings is 1. The number of ether oxygens (including phenoxy) is 1. The minimum absolute atomic E-state index is 0.0459. The van der Waals surface area contributed by atoms with Crippen molar-refractivity contribution in [1.82, 2.24) is 15.0 Å². The maximum Gasteiger partial charge on any atom is 0.226 e. The van der Waals surface area contributed by atoms with Gasteiger partial charge >= 0.3 is 0 Å². The summed E-state index contributed by atoms with van der Waals surface area (Å²) in [5, 5.41) is 4.03. The van der Waals surface area contributed by atoms with Gasteiger partial charge in [-0.15, -0.1) is 0 Å². The van der Waals surface area contributed by atoms with Crippen LogP contribution in [0.15, 0.2) is 4.52 Å². The van der Waals surface area contributed by atoms with E-state index in [1.807, 2.05) is 6.92 Å². The van der Waals surface area contributed by atoms with Gasteiger partial charge in [-0.1, -0.05) is 19.0 Å². The van der Waals surface area contributed by atoms with E-state index >= 15 is 0 Å². The van der Waals surface area contributed by atoms with Crippen LogP contribution in [0.4, 0.5) is 0 Å². The average molecular weight is 268 g/mol. The Morgan fingerprint density at radius 3 is 2.89 bits per heavy atom. The molecular weight excluding hydrogens is 244 g/mol. The molecule has 2 rings (SSSR count). The summed E-state index contributed by atoms with van der Waals surface area (Å²) >= 11 is 0. The van der Waals surface area contributed by atoms with Gasteiger partial charge in [0.05, 0.1) is 19.3 Å². The van der Waals surface area contributed by atoms with Crippen LogP contribution in [-0.4, -0.2) is 46.9 Å². The Bertz CT molecular complexity index is 392. The number of aromatic nitrogens is 2. The monoisotopic (exact) mass is 268 g/mol. The Morgan fingerprint density at radius 2 is 2.21 bits per heavy atom. The first kappa shape index (κ1) is 14.4. The van der Waals surface area contributed by atoms with Crippen molar-refractivity contribution in [3.8, 4) is 0 Å². The van der Waals surface area contributed by atoms with Gasteiger partial charge in [0.1, 0.15) is 0 Å². The fourth-order valence-electron chi connectivity index (χ4n) is 2.18. The third kappa shape index (κ3) is 4.26. The van der Waals surface area contributed by atoms with Crippen molar-refractivity contribution in [2.45, 2.75) is 45.9 Å². The molecule has 1 aromatic heterocycles. The highest BCUT2D eigenvalue weighted by Crippen LogP contribution is 2.12. The fourth-order valence-corrected chi connectivity index (χ4v) is 2.18. The van der Waals surface area contributed by atoms with Crippen LogP contribution in [0.25, 0.3) is 0 Å². The zero-order valence-electron chi connectivity index (χ0n) is 12.0. The van der Waals surface area contributed by atoms with Crippen LogP contribution in [0, 0.1) is 5.92 Å². The maximum atomic E-state index is 5.88. The van der Waals surface area contributed by atoms with E-state index in [9.17, 15) is 0 Å². The molecule has 6 nitrogen and oxygen atoms in total. The van der Waals surface area contributed by atoms with Gasteiger partial charge in [-0.2, -0.15) is 4.98 Å². The van der Waals surface area contributed by atoms with Crippen molar-refractivity contribution in [1.29, 1.82) is 0 Å². The van der Waals surface area contributed by atoms with Crippen LogP contribution in [-0.2, 0) is 17.7 Å². The quantitative estimate of drug-likeness (QED) is 0.851. The van der Waals surface area contributed by atoms with Crippen LogP contribution in [0.5, 0.6) is 0 Å². The average Bonchev–Trinajstić information content (AvgIpc) is 2.76. The molecule has 2 unspecified atom stereocenters. The van der Waals surface area contributed by atoms with Gasteiger partial charge in [0.15, 0.2) is 5.82 Å². The molecule has 108 valence electrons. The molecule has 0 spiro atoms. The summed E-state index contributed by atoms with van der Waals surface area (Å²) in [4.78, 5) is 6.69. The van der Waals surface area contributed by atoms with Gasteiger partial charge in [0, 0.05) is 25.6 Å². The summed E-state index contributed by atoms with van der Waals surface area (Å²) < 4.78 is 10.9. The number of hydrogen-bond acceptors (Lipinski definition) is 6. The number of nitrogens with zero attached hydrogens (tertiary/aromatic N) is 3. The molecule has 1 aromatic rings. The summed E-state index contributed by atoms with van der Waals surface area (Å²) in [7, 11) is 0. The second-order valence-electron chi connectivity index (χ2n) is 5.71. The molecule has 19 heavy (non-hydrogen) atoms. The smallest absolute Gasteiger partial charge is 0.226 e. The lowest BCUT2D eigenvalue weighted by Gasteiger charge is -2.33. The van der Waals surface area contributed by atoms with Gasteiger partial charge in [0.2, 0.25) is 5.89 Å². The lowest BCUT2D eigenvalue weighted by Crippen LogP contribution is -2.49. The minimum atomic E-state index is 0.0459. The predicted octanol–water partition coefficient (Wildman–Crippen LogP) is 0.816. The Balaban J connectivity index is 1.88. The van der Waals surface area contributed by atoms with E-state index in [0.717, 1.165) is 31.2 Å². The zero-order chi connectivity index (χ0) is 13.8. The van der Waals surface area contributed by atoms with Crippen LogP contribution < -0.4 is 5.73 Å². The third-order valence-electron chi connectivity index (χ3n) is 3.22. The van der Waals surface area contributed by atoms with Gasteiger partial charge < -0.3 is 15.0 Å². The third-order valence-corrected chi connectivity index (χ3v) is 3.22. The summed E-state index contributed by atoms with van der Waals surface area (Å²) in [6.45, 7) is 9.38. The minimum Gasteiger partial charge on any atom is -0.374 e. The highest BCUT2D eigenvalue weighted by molar-refractivity contribution is 4.89. The van der Waals surface area contributed by atoms with Crippen molar-refractivity contribution >= 4 is 0 Å². The van der Waals surface area contributed by atoms with Crippen LogP contribution >= 0.6 is 0 Å². The first-order chi connectivity index (χ1) is 9.04. The van der Waals surface area contributed by atoms with Crippen molar-refractivity contribution in [2.24, 2.45) is 11.7 Å². The molecule has 2 N–H and O–H groups in total. The molecule has 2 heterocycles. The highest BCUT2D eigenvalue weighted by Gasteiger charge is 2.24. The lowest BCUT2D eigenvalue weighted by molar-refractivity contribution is -0.0411. The SMILES string of the molecule is CC(C)Cc1nc(CN2CCOC(C(C)N)C2)no1. The molecule has 1 aliphatic heterocycles. The van der Waals surface area contributed by atoms with E-state index in [-0.39, 0.29) is 12.1 Å². The summed E-state index contributed by atoms with van der Waals surface area (Å²) in [5.74, 6) is 2.00. The van der Waals surface area contributed by atoms with Crippen molar-refractivity contribution < 1.29 is 9.26 Å². The zero-order valence-corrected chi connectivity index (χ0v) is 12.0. The number of hydrogen-bond donors (Lipinski definition) is 1. The molecular formula is C13H24N4O2. The second kappa shape index (κ2) is 6.45. The Hall–Kier alpha value is -0.980. The van der Waals surface area contributed by atoms with Crippen LogP contribution in [0.1, 0.15) is 32.5 Å². The molecule has 0 saturated carbocycles. The molecule has 0 radical (unpaired) electrons. The lowest BCUT2D eigenvalue weighted by atomic mass is 10.1. The predicted molar refractivity (Wildman–Crippen MR) is 71.5 cm³/mol. The van der Waals surface area contributed by atoms with Crippen molar-refractivity contribution in [3.05, 3.63) is 11.7 Å². The van der Waals surface area contributed by atoms with E-state index in [2.05, 4.69) is 28.9 Å². The number of nitrogens with two attached hydrogens (primary N) is 1. The van der Waals surface area contributed by atoms with E-state index < -0.39 is 0 Å². The first-order valence-corrected chi connectivity index (χ1v) is 6.95. The Kier molecular flexibility index (Phi) is 4.90. The molecule has 0 aromatic carbocycles. The standard InChI is InChI=1S/C13H24N4O2/c1-9(2)6-13-15-12(16-19-13)8-17-4-5-18-11(7-17)10(3)14/h9-11H,4-8,14H2,1-3H3. The summed E-state index contributed by atoms with van der Waals surface area (Å²) in [6.07, 6.45) is 0.925. The van der Waals surface area contributed by atoms with Crippen molar-refractivity contribution in [2.75, 3.05) is 19.7 Å².